The van der Waals surface area contributed by atoms with Crippen molar-refractivity contribution in [3.8, 4) is 5.75 Å². The molecule has 0 saturated heterocycles. The summed E-state index contributed by atoms with van der Waals surface area (Å²) in [5, 5.41) is 15.9. The van der Waals surface area contributed by atoms with Crippen LogP contribution in [0.15, 0.2) is 36.4 Å². The van der Waals surface area contributed by atoms with E-state index in [9.17, 15) is 5.11 Å². The lowest BCUT2D eigenvalue weighted by Crippen LogP contribution is -2.21. The molecule has 0 aliphatic carbocycles. The smallest absolute Gasteiger partial charge is 0.128 e. The third-order valence-electron chi connectivity index (χ3n) is 3.57. The van der Waals surface area contributed by atoms with Crippen LogP contribution < -0.4 is 5.32 Å². The number of fused-ring (bicyclic) bond motifs is 1. The van der Waals surface area contributed by atoms with Crippen LogP contribution in [0.1, 0.15) is 38.8 Å². The lowest BCUT2D eigenvalue weighted by atomic mass is 10.0. The van der Waals surface area contributed by atoms with Gasteiger partial charge in [0.1, 0.15) is 5.75 Å². The second-order valence-electron chi connectivity index (χ2n) is 5.58. The largest absolute Gasteiger partial charge is 0.507 e. The second kappa shape index (κ2) is 6.07. The normalized spacial score (nSPS) is 13.1. The van der Waals surface area contributed by atoms with Gasteiger partial charge in [-0.2, -0.15) is 0 Å². The highest BCUT2D eigenvalue weighted by atomic mass is 16.3. The van der Waals surface area contributed by atoms with Crippen LogP contribution in [0.2, 0.25) is 0 Å². The Hall–Kier alpha value is -1.54. The van der Waals surface area contributed by atoms with Crippen molar-refractivity contribution >= 4 is 10.8 Å². The molecule has 1 atom stereocenters. The van der Waals surface area contributed by atoms with Crippen LogP contribution in [-0.2, 0) is 0 Å². The number of phenols is 1. The van der Waals surface area contributed by atoms with Gasteiger partial charge >= 0.3 is 0 Å². The summed E-state index contributed by atoms with van der Waals surface area (Å²) in [6.07, 6.45) is 1.15. The molecule has 102 valence electrons. The van der Waals surface area contributed by atoms with E-state index in [-0.39, 0.29) is 6.04 Å². The molecule has 0 heterocycles. The van der Waals surface area contributed by atoms with Crippen LogP contribution in [0.5, 0.6) is 5.75 Å². The molecule has 2 N–H and O–H groups in total. The fourth-order valence-electron chi connectivity index (χ4n) is 2.32. The number of aromatic hydroxyl groups is 1. The molecule has 0 fully saturated rings. The number of nitrogens with one attached hydrogen (secondary N) is 1. The molecule has 2 aromatic rings. The molecular weight excluding hydrogens is 234 g/mol. The van der Waals surface area contributed by atoms with Gasteiger partial charge in [0.25, 0.3) is 0 Å². The first-order valence-corrected chi connectivity index (χ1v) is 7.03. The van der Waals surface area contributed by atoms with Gasteiger partial charge in [-0.15, -0.1) is 0 Å². The second-order valence-corrected chi connectivity index (χ2v) is 5.58. The molecule has 0 aliphatic rings. The maximum atomic E-state index is 10.4. The van der Waals surface area contributed by atoms with E-state index in [1.807, 2.05) is 30.3 Å². The average Bonchev–Trinajstić information content (AvgIpc) is 2.39. The molecule has 0 spiro atoms. The quantitative estimate of drug-likeness (QED) is 0.839. The van der Waals surface area contributed by atoms with E-state index in [4.69, 9.17) is 0 Å². The molecule has 0 bridgehead atoms. The van der Waals surface area contributed by atoms with Crippen molar-refractivity contribution in [3.63, 3.8) is 0 Å². The van der Waals surface area contributed by atoms with Crippen LogP contribution in [0, 0.1) is 5.92 Å². The summed E-state index contributed by atoms with van der Waals surface area (Å²) in [7, 11) is 0. The maximum absolute atomic E-state index is 10.4. The van der Waals surface area contributed by atoms with Crippen molar-refractivity contribution in [1.82, 2.24) is 5.32 Å². The minimum absolute atomic E-state index is 0.170. The molecule has 1 unspecified atom stereocenters. The third-order valence-corrected chi connectivity index (χ3v) is 3.57. The Bertz CT molecular complexity index is 548. The molecule has 0 saturated carbocycles. The Morgan fingerprint density at radius 2 is 1.79 bits per heavy atom. The molecule has 0 radical (unpaired) electrons. The van der Waals surface area contributed by atoms with Gasteiger partial charge in [-0.3, -0.25) is 0 Å². The molecule has 2 aromatic carbocycles. The van der Waals surface area contributed by atoms with Gasteiger partial charge in [0.15, 0.2) is 0 Å². The first-order chi connectivity index (χ1) is 9.09. The molecular formula is C17H23NO. The van der Waals surface area contributed by atoms with Crippen LogP contribution in [-0.4, -0.2) is 11.7 Å². The van der Waals surface area contributed by atoms with E-state index < -0.39 is 0 Å². The van der Waals surface area contributed by atoms with E-state index >= 15 is 0 Å². The highest BCUT2D eigenvalue weighted by molar-refractivity contribution is 5.89. The van der Waals surface area contributed by atoms with Crippen LogP contribution in [0.25, 0.3) is 10.8 Å². The van der Waals surface area contributed by atoms with Gasteiger partial charge in [-0.25, -0.2) is 0 Å². The summed E-state index contributed by atoms with van der Waals surface area (Å²) in [6, 6.07) is 12.2. The van der Waals surface area contributed by atoms with Crippen LogP contribution in [0.4, 0.5) is 0 Å². The number of benzene rings is 2. The van der Waals surface area contributed by atoms with E-state index in [1.165, 1.54) is 0 Å². The monoisotopic (exact) mass is 257 g/mol. The van der Waals surface area contributed by atoms with Crippen molar-refractivity contribution in [2.45, 2.75) is 33.2 Å². The Balaban J connectivity index is 2.18. The van der Waals surface area contributed by atoms with Gasteiger partial charge < -0.3 is 10.4 Å². The Morgan fingerprint density at radius 1 is 1.05 bits per heavy atom. The molecule has 19 heavy (non-hydrogen) atoms. The minimum Gasteiger partial charge on any atom is -0.507 e. The van der Waals surface area contributed by atoms with Gasteiger partial charge in [-0.1, -0.05) is 50.2 Å². The Kier molecular flexibility index (Phi) is 4.43. The minimum atomic E-state index is 0.170. The standard InChI is InChI=1S/C17H23NO/c1-12(2)10-11-18-13(3)15-9-8-14-6-4-5-7-16(14)17(15)19/h4-9,12-13,18-19H,10-11H2,1-3H3. The van der Waals surface area contributed by atoms with Crippen molar-refractivity contribution in [2.24, 2.45) is 5.92 Å². The molecule has 0 aromatic heterocycles. The van der Waals surface area contributed by atoms with E-state index in [2.05, 4.69) is 32.2 Å². The zero-order valence-electron chi connectivity index (χ0n) is 12.0. The fourth-order valence-corrected chi connectivity index (χ4v) is 2.32. The van der Waals surface area contributed by atoms with Crippen molar-refractivity contribution in [3.05, 3.63) is 42.0 Å². The fraction of sp³-hybridized carbons (Fsp3) is 0.412. The first kappa shape index (κ1) is 13.9. The molecule has 2 rings (SSSR count). The maximum Gasteiger partial charge on any atom is 0.128 e. The van der Waals surface area contributed by atoms with Crippen molar-refractivity contribution in [2.75, 3.05) is 6.54 Å². The summed E-state index contributed by atoms with van der Waals surface area (Å²) in [6.45, 7) is 7.52. The van der Waals surface area contributed by atoms with Gasteiger partial charge in [-0.05, 0) is 31.2 Å². The Labute approximate surface area is 115 Å². The zero-order chi connectivity index (χ0) is 13.8. The van der Waals surface area contributed by atoms with Gasteiger partial charge in [0, 0.05) is 17.0 Å². The topological polar surface area (TPSA) is 32.3 Å². The number of phenolic OH excluding ortho intramolecular Hbond substituents is 1. The first-order valence-electron chi connectivity index (χ1n) is 7.03. The summed E-state index contributed by atoms with van der Waals surface area (Å²) in [5.41, 5.74) is 0.974. The number of hydrogen-bond acceptors (Lipinski definition) is 2. The molecule has 0 amide bonds. The molecule has 2 nitrogen and oxygen atoms in total. The lowest BCUT2D eigenvalue weighted by molar-refractivity contribution is 0.450. The molecule has 2 heteroatoms. The SMILES string of the molecule is CC(C)CCNC(C)c1ccc2ccccc2c1O. The number of rotatable bonds is 5. The van der Waals surface area contributed by atoms with Gasteiger partial charge in [0.2, 0.25) is 0 Å². The highest BCUT2D eigenvalue weighted by Crippen LogP contribution is 2.32. The van der Waals surface area contributed by atoms with Crippen LogP contribution >= 0.6 is 0 Å². The third kappa shape index (κ3) is 3.27. The number of hydrogen-bond donors (Lipinski definition) is 2. The summed E-state index contributed by atoms with van der Waals surface area (Å²) < 4.78 is 0. The van der Waals surface area contributed by atoms with E-state index in [0.717, 1.165) is 29.3 Å². The van der Waals surface area contributed by atoms with Crippen LogP contribution in [0.3, 0.4) is 0 Å². The van der Waals surface area contributed by atoms with E-state index in [1.54, 1.807) is 0 Å². The predicted octanol–water partition coefficient (Wildman–Crippen LogP) is 4.24. The van der Waals surface area contributed by atoms with Crippen molar-refractivity contribution in [1.29, 1.82) is 0 Å². The van der Waals surface area contributed by atoms with Gasteiger partial charge in [0.05, 0.1) is 0 Å². The molecule has 0 aliphatic heterocycles. The summed E-state index contributed by atoms with van der Waals surface area (Å²) in [5.74, 6) is 1.10. The zero-order valence-corrected chi connectivity index (χ0v) is 12.0. The van der Waals surface area contributed by atoms with E-state index in [0.29, 0.717) is 11.7 Å². The average molecular weight is 257 g/mol. The Morgan fingerprint density at radius 3 is 2.53 bits per heavy atom. The summed E-state index contributed by atoms with van der Waals surface area (Å²) >= 11 is 0. The predicted molar refractivity (Wildman–Crippen MR) is 81.5 cm³/mol. The summed E-state index contributed by atoms with van der Waals surface area (Å²) in [4.78, 5) is 0. The van der Waals surface area contributed by atoms with Crippen molar-refractivity contribution < 1.29 is 5.11 Å². The highest BCUT2D eigenvalue weighted by Gasteiger charge is 2.12. The lowest BCUT2D eigenvalue weighted by Gasteiger charge is -2.17.